The molecule has 0 saturated heterocycles. The molecule has 0 fully saturated rings. The first-order valence-corrected chi connectivity index (χ1v) is 7.03. The van der Waals surface area contributed by atoms with Crippen molar-refractivity contribution < 1.29 is 4.79 Å². The van der Waals surface area contributed by atoms with E-state index < -0.39 is 0 Å². The second-order valence-electron chi connectivity index (χ2n) is 5.61. The number of rotatable bonds is 2. The lowest BCUT2D eigenvalue weighted by Crippen LogP contribution is -2.19. The van der Waals surface area contributed by atoms with Crippen molar-refractivity contribution >= 4 is 6.29 Å². The molecule has 0 N–H and O–H groups in total. The molecule has 1 heterocycles. The highest BCUT2D eigenvalue weighted by Crippen LogP contribution is 2.34. The molecule has 2 aromatic rings. The molecule has 0 saturated carbocycles. The van der Waals surface area contributed by atoms with Crippen LogP contribution < -0.4 is 0 Å². The largest absolute Gasteiger partial charge is 0.303 e. The Balaban J connectivity index is 2.06. The van der Waals surface area contributed by atoms with Crippen LogP contribution >= 0.6 is 0 Å². The van der Waals surface area contributed by atoms with Gasteiger partial charge in [-0.2, -0.15) is 15.5 Å². The van der Waals surface area contributed by atoms with Gasteiger partial charge >= 0.3 is 0 Å². The molecule has 4 nitrogen and oxygen atoms in total. The summed E-state index contributed by atoms with van der Waals surface area (Å²) in [6.07, 6.45) is 2.73. The summed E-state index contributed by atoms with van der Waals surface area (Å²) in [7, 11) is 0. The minimum absolute atomic E-state index is 0.0999. The van der Waals surface area contributed by atoms with Crippen LogP contribution in [0.4, 0.5) is 0 Å². The molecule has 0 bridgehead atoms. The predicted octanol–water partition coefficient (Wildman–Crippen LogP) is 2.88. The number of nitrogens with zero attached hydrogens (tertiary/aromatic N) is 3. The molecule has 1 aliphatic carbocycles. The first-order chi connectivity index (χ1) is 10.2. The van der Waals surface area contributed by atoms with Crippen molar-refractivity contribution in [1.82, 2.24) is 10.2 Å². The maximum absolute atomic E-state index is 11.3. The average molecular weight is 277 g/mol. The Morgan fingerprint density at radius 1 is 1.33 bits per heavy atom. The van der Waals surface area contributed by atoms with Gasteiger partial charge in [0.15, 0.2) is 0 Å². The highest BCUT2D eigenvalue weighted by molar-refractivity contribution is 5.67. The van der Waals surface area contributed by atoms with Gasteiger partial charge in [-0.1, -0.05) is 19.1 Å². The van der Waals surface area contributed by atoms with Crippen LogP contribution in [0.15, 0.2) is 30.3 Å². The first-order valence-electron chi connectivity index (χ1n) is 7.03. The van der Waals surface area contributed by atoms with Crippen LogP contribution in [0.2, 0.25) is 0 Å². The number of nitriles is 1. The van der Waals surface area contributed by atoms with Gasteiger partial charge in [-0.05, 0) is 42.5 Å². The van der Waals surface area contributed by atoms with Crippen molar-refractivity contribution in [3.05, 3.63) is 47.2 Å². The monoisotopic (exact) mass is 277 g/mol. The van der Waals surface area contributed by atoms with Gasteiger partial charge in [0.1, 0.15) is 6.29 Å². The summed E-state index contributed by atoms with van der Waals surface area (Å²) in [5, 5.41) is 17.6. The molecule has 3 rings (SSSR count). The lowest BCUT2D eigenvalue weighted by Gasteiger charge is -2.25. The second kappa shape index (κ2) is 5.45. The highest BCUT2D eigenvalue weighted by atomic mass is 16.1. The minimum atomic E-state index is -0.0999. The van der Waals surface area contributed by atoms with Crippen molar-refractivity contribution in [2.24, 2.45) is 5.92 Å². The first kappa shape index (κ1) is 13.4. The molecule has 0 spiro atoms. The number of hydrogen-bond acceptors (Lipinski definition) is 4. The Bertz CT molecular complexity index is 733. The van der Waals surface area contributed by atoms with E-state index in [0.717, 1.165) is 35.9 Å². The normalized spacial score (nSPS) is 20.4. The maximum Gasteiger partial charge on any atom is 0.127 e. The molecule has 0 aliphatic heterocycles. The Hall–Kier alpha value is -2.54. The molecular weight excluding hydrogens is 262 g/mol. The van der Waals surface area contributed by atoms with Gasteiger partial charge in [0.2, 0.25) is 0 Å². The van der Waals surface area contributed by atoms with Crippen molar-refractivity contribution in [2.75, 3.05) is 0 Å². The molecule has 1 aromatic carbocycles. The SMILES string of the molecule is CC1Cc2nnc(-c3cccc(C#N)c3)cc2C(C=O)C1. The summed E-state index contributed by atoms with van der Waals surface area (Å²) < 4.78 is 0. The van der Waals surface area contributed by atoms with E-state index in [9.17, 15) is 4.79 Å². The number of aromatic nitrogens is 2. The zero-order valence-electron chi connectivity index (χ0n) is 11.8. The maximum atomic E-state index is 11.3. The number of benzene rings is 1. The Morgan fingerprint density at radius 3 is 2.95 bits per heavy atom. The molecule has 1 aliphatic rings. The smallest absolute Gasteiger partial charge is 0.127 e. The third-order valence-corrected chi connectivity index (χ3v) is 3.95. The number of carbonyl (C=O) groups excluding carboxylic acids is 1. The molecule has 2 unspecified atom stereocenters. The summed E-state index contributed by atoms with van der Waals surface area (Å²) in [4.78, 5) is 11.3. The van der Waals surface area contributed by atoms with E-state index in [2.05, 4.69) is 23.2 Å². The van der Waals surface area contributed by atoms with Crippen LogP contribution in [-0.4, -0.2) is 16.5 Å². The fraction of sp³-hybridized carbons (Fsp3) is 0.294. The molecule has 21 heavy (non-hydrogen) atoms. The van der Waals surface area contributed by atoms with Crippen LogP contribution in [0.25, 0.3) is 11.3 Å². The van der Waals surface area contributed by atoms with E-state index in [1.165, 1.54) is 0 Å². The summed E-state index contributed by atoms with van der Waals surface area (Å²) in [5.74, 6) is 0.354. The molecule has 4 heteroatoms. The summed E-state index contributed by atoms with van der Waals surface area (Å²) in [6, 6.07) is 11.3. The van der Waals surface area contributed by atoms with E-state index >= 15 is 0 Å². The van der Waals surface area contributed by atoms with E-state index in [1.54, 1.807) is 12.1 Å². The van der Waals surface area contributed by atoms with Crippen LogP contribution in [0.1, 0.15) is 36.1 Å². The van der Waals surface area contributed by atoms with E-state index in [0.29, 0.717) is 17.2 Å². The van der Waals surface area contributed by atoms with Crippen molar-refractivity contribution in [3.63, 3.8) is 0 Å². The third kappa shape index (κ3) is 2.55. The van der Waals surface area contributed by atoms with Crippen LogP contribution in [-0.2, 0) is 11.2 Å². The topological polar surface area (TPSA) is 66.6 Å². The average Bonchev–Trinajstić information content (AvgIpc) is 2.53. The van der Waals surface area contributed by atoms with Gasteiger partial charge in [-0.25, -0.2) is 0 Å². The predicted molar refractivity (Wildman–Crippen MR) is 78.5 cm³/mol. The molecule has 1 aromatic heterocycles. The number of fused-ring (bicyclic) bond motifs is 1. The third-order valence-electron chi connectivity index (χ3n) is 3.95. The Labute approximate surface area is 123 Å². The van der Waals surface area contributed by atoms with Gasteiger partial charge in [0.05, 0.1) is 23.0 Å². The lowest BCUT2D eigenvalue weighted by atomic mass is 9.80. The Kier molecular flexibility index (Phi) is 3.49. The summed E-state index contributed by atoms with van der Waals surface area (Å²) >= 11 is 0. The van der Waals surface area contributed by atoms with Gasteiger partial charge in [-0.15, -0.1) is 0 Å². The molecule has 0 radical (unpaired) electrons. The lowest BCUT2D eigenvalue weighted by molar-refractivity contribution is -0.109. The van der Waals surface area contributed by atoms with Gasteiger partial charge in [0.25, 0.3) is 0 Å². The molecular formula is C17H15N3O. The van der Waals surface area contributed by atoms with Crippen LogP contribution in [0.5, 0.6) is 0 Å². The minimum Gasteiger partial charge on any atom is -0.303 e. The quantitative estimate of drug-likeness (QED) is 0.792. The van der Waals surface area contributed by atoms with Crippen molar-refractivity contribution in [2.45, 2.75) is 25.7 Å². The van der Waals surface area contributed by atoms with Gasteiger partial charge < -0.3 is 4.79 Å². The van der Waals surface area contributed by atoms with Crippen molar-refractivity contribution in [3.8, 4) is 17.3 Å². The van der Waals surface area contributed by atoms with E-state index in [4.69, 9.17) is 5.26 Å². The zero-order valence-corrected chi connectivity index (χ0v) is 11.8. The van der Waals surface area contributed by atoms with Crippen molar-refractivity contribution in [1.29, 1.82) is 5.26 Å². The molecule has 104 valence electrons. The summed E-state index contributed by atoms with van der Waals surface area (Å²) in [5.41, 5.74) is 4.06. The van der Waals surface area contributed by atoms with Crippen LogP contribution in [0, 0.1) is 17.2 Å². The van der Waals surface area contributed by atoms with E-state index in [-0.39, 0.29) is 5.92 Å². The zero-order chi connectivity index (χ0) is 14.8. The highest BCUT2D eigenvalue weighted by Gasteiger charge is 2.26. The second-order valence-corrected chi connectivity index (χ2v) is 5.61. The fourth-order valence-electron chi connectivity index (χ4n) is 2.90. The van der Waals surface area contributed by atoms with Gasteiger partial charge in [0, 0.05) is 11.5 Å². The summed E-state index contributed by atoms with van der Waals surface area (Å²) in [6.45, 7) is 2.13. The number of carbonyl (C=O) groups is 1. The van der Waals surface area contributed by atoms with E-state index in [1.807, 2.05) is 18.2 Å². The van der Waals surface area contributed by atoms with Crippen LogP contribution in [0.3, 0.4) is 0 Å². The Morgan fingerprint density at radius 2 is 2.19 bits per heavy atom. The standard InChI is InChI=1S/C17H15N3O/c1-11-5-14(10-21)15-8-16(19-20-17(15)6-11)13-4-2-3-12(7-13)9-18/h2-4,7-8,10-11,14H,5-6H2,1H3. The number of aldehydes is 1. The van der Waals surface area contributed by atoms with Gasteiger partial charge in [-0.3, -0.25) is 0 Å². The fourth-order valence-corrected chi connectivity index (χ4v) is 2.90. The molecule has 0 amide bonds. The molecule has 2 atom stereocenters. The number of hydrogen-bond donors (Lipinski definition) is 0.